The van der Waals surface area contributed by atoms with Crippen LogP contribution in [0.4, 0.5) is 0 Å². The minimum absolute atomic E-state index is 0.286. The van der Waals surface area contributed by atoms with E-state index in [1.54, 1.807) is 38.1 Å². The average molecular weight is 265 g/mol. The Morgan fingerprint density at radius 1 is 1.21 bits per heavy atom. The molecule has 104 valence electrons. The van der Waals surface area contributed by atoms with E-state index in [2.05, 4.69) is 5.32 Å². The molecule has 1 aromatic rings. The summed E-state index contributed by atoms with van der Waals surface area (Å²) in [5, 5.41) is 2.59. The summed E-state index contributed by atoms with van der Waals surface area (Å²) in [6.07, 6.45) is 0. The fourth-order valence-electron chi connectivity index (χ4n) is 1.54. The number of ether oxygens (including phenoxy) is 2. The summed E-state index contributed by atoms with van der Waals surface area (Å²) >= 11 is 0. The molecule has 1 aromatic carbocycles. The first-order valence-electron chi connectivity index (χ1n) is 6.29. The smallest absolute Gasteiger partial charge is 0.328 e. The maximum atomic E-state index is 12.1. The van der Waals surface area contributed by atoms with Gasteiger partial charge < -0.3 is 14.8 Å². The Morgan fingerprint density at radius 3 is 2.53 bits per heavy atom. The molecule has 1 N–H and O–H groups in total. The van der Waals surface area contributed by atoms with E-state index in [1.807, 2.05) is 6.92 Å². The molecule has 0 saturated heterocycles. The minimum Gasteiger partial charge on any atom is -0.493 e. The van der Waals surface area contributed by atoms with Crippen molar-refractivity contribution in [2.45, 2.75) is 26.8 Å². The number of nitrogens with one attached hydrogen (secondary N) is 1. The van der Waals surface area contributed by atoms with E-state index in [0.717, 1.165) is 0 Å². The van der Waals surface area contributed by atoms with E-state index in [1.165, 1.54) is 0 Å². The zero-order valence-electron chi connectivity index (χ0n) is 11.4. The van der Waals surface area contributed by atoms with Crippen molar-refractivity contribution in [3.05, 3.63) is 29.8 Å². The predicted molar refractivity (Wildman–Crippen MR) is 71.2 cm³/mol. The van der Waals surface area contributed by atoms with Crippen molar-refractivity contribution in [1.29, 1.82) is 0 Å². The monoisotopic (exact) mass is 265 g/mol. The van der Waals surface area contributed by atoms with Gasteiger partial charge in [-0.05, 0) is 32.9 Å². The van der Waals surface area contributed by atoms with E-state index in [0.29, 0.717) is 17.9 Å². The third-order valence-corrected chi connectivity index (χ3v) is 2.42. The normalized spacial score (nSPS) is 11.5. The van der Waals surface area contributed by atoms with E-state index >= 15 is 0 Å². The van der Waals surface area contributed by atoms with Gasteiger partial charge in [-0.2, -0.15) is 0 Å². The highest BCUT2D eigenvalue weighted by molar-refractivity contribution is 5.98. The standard InChI is InChI=1S/C14H19NO4/c1-4-18-12-9-7-6-8-11(12)13(16)15-10(3)14(17)19-5-2/h6-10H,4-5H2,1-3H3,(H,15,16). The average Bonchev–Trinajstić information content (AvgIpc) is 2.39. The number of rotatable bonds is 6. The summed E-state index contributed by atoms with van der Waals surface area (Å²) < 4.78 is 10.2. The molecule has 1 atom stereocenters. The Bertz CT molecular complexity index is 445. The maximum Gasteiger partial charge on any atom is 0.328 e. The van der Waals surface area contributed by atoms with E-state index in [9.17, 15) is 9.59 Å². The predicted octanol–water partition coefficient (Wildman–Crippen LogP) is 1.77. The van der Waals surface area contributed by atoms with Crippen LogP contribution in [0.5, 0.6) is 5.75 Å². The summed E-state index contributed by atoms with van der Waals surface area (Å²) in [7, 11) is 0. The molecular formula is C14H19NO4. The first-order valence-corrected chi connectivity index (χ1v) is 6.29. The van der Waals surface area contributed by atoms with E-state index < -0.39 is 12.0 Å². The van der Waals surface area contributed by atoms with Crippen LogP contribution in [0.3, 0.4) is 0 Å². The first kappa shape index (κ1) is 15.0. The minimum atomic E-state index is -0.692. The molecule has 0 aromatic heterocycles. The number of carbonyl (C=O) groups excluding carboxylic acids is 2. The number of amides is 1. The molecule has 0 spiro atoms. The second kappa shape index (κ2) is 7.41. The second-order valence-corrected chi connectivity index (χ2v) is 3.88. The zero-order chi connectivity index (χ0) is 14.3. The van der Waals surface area contributed by atoms with Gasteiger partial charge in [0.05, 0.1) is 18.8 Å². The highest BCUT2D eigenvalue weighted by Crippen LogP contribution is 2.17. The number of carbonyl (C=O) groups is 2. The van der Waals surface area contributed by atoms with Gasteiger partial charge in [-0.3, -0.25) is 4.79 Å². The van der Waals surface area contributed by atoms with Gasteiger partial charge in [-0.1, -0.05) is 12.1 Å². The molecule has 5 heteroatoms. The molecule has 19 heavy (non-hydrogen) atoms. The second-order valence-electron chi connectivity index (χ2n) is 3.88. The Morgan fingerprint density at radius 2 is 1.89 bits per heavy atom. The lowest BCUT2D eigenvalue weighted by Crippen LogP contribution is -2.39. The van der Waals surface area contributed by atoms with Gasteiger partial charge in [-0.15, -0.1) is 0 Å². The summed E-state index contributed by atoms with van der Waals surface area (Å²) in [6, 6.07) is 6.21. The number of hydrogen-bond acceptors (Lipinski definition) is 4. The fraction of sp³-hybridized carbons (Fsp3) is 0.429. The molecule has 0 aliphatic rings. The van der Waals surface area contributed by atoms with E-state index in [4.69, 9.17) is 9.47 Å². The molecule has 1 rings (SSSR count). The van der Waals surface area contributed by atoms with Crippen molar-refractivity contribution in [2.75, 3.05) is 13.2 Å². The van der Waals surface area contributed by atoms with Crippen LogP contribution in [-0.4, -0.2) is 31.1 Å². The highest BCUT2D eigenvalue weighted by Gasteiger charge is 2.19. The van der Waals surface area contributed by atoms with Gasteiger partial charge in [0.15, 0.2) is 0 Å². The molecule has 0 bridgehead atoms. The quantitative estimate of drug-likeness (QED) is 0.796. The molecule has 5 nitrogen and oxygen atoms in total. The van der Waals surface area contributed by atoms with Crippen LogP contribution in [0.25, 0.3) is 0 Å². The van der Waals surface area contributed by atoms with Crippen molar-refractivity contribution in [3.63, 3.8) is 0 Å². The molecular weight excluding hydrogens is 246 g/mol. The number of hydrogen-bond donors (Lipinski definition) is 1. The number of benzene rings is 1. The van der Waals surface area contributed by atoms with Crippen molar-refractivity contribution >= 4 is 11.9 Å². The van der Waals surface area contributed by atoms with E-state index in [-0.39, 0.29) is 12.5 Å². The van der Waals surface area contributed by atoms with Crippen LogP contribution in [0, 0.1) is 0 Å². The largest absolute Gasteiger partial charge is 0.493 e. The molecule has 0 fully saturated rings. The van der Waals surface area contributed by atoms with Gasteiger partial charge in [0.2, 0.25) is 0 Å². The Labute approximate surface area is 112 Å². The van der Waals surface area contributed by atoms with Gasteiger partial charge in [-0.25, -0.2) is 4.79 Å². The molecule has 0 aliphatic carbocycles. The molecule has 1 amide bonds. The Balaban J connectivity index is 2.75. The van der Waals surface area contributed by atoms with Crippen LogP contribution in [-0.2, 0) is 9.53 Å². The van der Waals surface area contributed by atoms with Crippen molar-refractivity contribution in [1.82, 2.24) is 5.32 Å². The van der Waals surface area contributed by atoms with Crippen molar-refractivity contribution in [2.24, 2.45) is 0 Å². The molecule has 0 heterocycles. The molecule has 0 radical (unpaired) electrons. The lowest BCUT2D eigenvalue weighted by molar-refractivity contribution is -0.144. The maximum absolute atomic E-state index is 12.1. The molecule has 0 saturated carbocycles. The number of para-hydroxylation sites is 1. The van der Waals surface area contributed by atoms with Crippen LogP contribution in [0.1, 0.15) is 31.1 Å². The summed E-state index contributed by atoms with van der Waals surface area (Å²) in [6.45, 7) is 5.90. The summed E-state index contributed by atoms with van der Waals surface area (Å²) in [4.78, 5) is 23.5. The summed E-state index contributed by atoms with van der Waals surface area (Å²) in [5.41, 5.74) is 0.403. The third kappa shape index (κ3) is 4.28. The molecule has 0 aliphatic heterocycles. The SMILES string of the molecule is CCOC(=O)C(C)NC(=O)c1ccccc1OCC. The molecule has 1 unspecified atom stereocenters. The van der Waals surface area contributed by atoms with Crippen LogP contribution >= 0.6 is 0 Å². The van der Waals surface area contributed by atoms with Crippen LogP contribution < -0.4 is 10.1 Å². The van der Waals surface area contributed by atoms with Gasteiger partial charge >= 0.3 is 5.97 Å². The zero-order valence-corrected chi connectivity index (χ0v) is 11.4. The lowest BCUT2D eigenvalue weighted by Gasteiger charge is -2.14. The van der Waals surface area contributed by atoms with Crippen molar-refractivity contribution < 1.29 is 19.1 Å². The van der Waals surface area contributed by atoms with Gasteiger partial charge in [0.25, 0.3) is 5.91 Å². The van der Waals surface area contributed by atoms with Gasteiger partial charge in [0.1, 0.15) is 11.8 Å². The summed E-state index contributed by atoms with van der Waals surface area (Å²) in [5.74, 6) is -0.312. The number of esters is 1. The topological polar surface area (TPSA) is 64.6 Å². The van der Waals surface area contributed by atoms with Crippen molar-refractivity contribution in [3.8, 4) is 5.75 Å². The van der Waals surface area contributed by atoms with Gasteiger partial charge in [0, 0.05) is 0 Å². The fourth-order valence-corrected chi connectivity index (χ4v) is 1.54. The Kier molecular flexibility index (Phi) is 5.85. The highest BCUT2D eigenvalue weighted by atomic mass is 16.5. The third-order valence-electron chi connectivity index (χ3n) is 2.42. The van der Waals surface area contributed by atoms with Crippen LogP contribution in [0.15, 0.2) is 24.3 Å². The Hall–Kier alpha value is -2.04. The van der Waals surface area contributed by atoms with Crippen LogP contribution in [0.2, 0.25) is 0 Å². The first-order chi connectivity index (χ1) is 9.10. The lowest BCUT2D eigenvalue weighted by atomic mass is 10.1.